The molecule has 332 valence electrons. The molecule has 0 spiro atoms. The smallest absolute Gasteiger partial charge is 0.143 e. The monoisotopic (exact) mass is 898 g/mol. The fourth-order valence-corrected chi connectivity index (χ4v) is 11.2. The number of furan rings is 1. The minimum Gasteiger partial charge on any atom is -0.455 e. The standard InChI is InChI=1S/C66H57NO/c1-63(2,3)45-32-36-54-57(38-45)66(43-20-11-9-12-21-43,44-22-13-10-14-23-44)58-39-46(64(4,5)6)40-59(61(54)58)67(48-35-37-51-50-24-15-17-28-55(50)65(7,8)56(51)41-48)47-33-30-42(31-34-47)49-26-19-27-53-52-25-16-18-29-60(52)68-62(49)53/h9-41H,1-8H3/i1D3,2D3,3D3,4D3,5D3,6D3. The van der Waals surface area contributed by atoms with Gasteiger partial charge in [0, 0.05) is 63.4 Å². The van der Waals surface area contributed by atoms with E-state index in [1.165, 1.54) is 30.3 Å². The lowest BCUT2D eigenvalue weighted by Gasteiger charge is -2.36. The van der Waals surface area contributed by atoms with Crippen LogP contribution in [-0.4, -0.2) is 0 Å². The number of para-hydroxylation sites is 2. The van der Waals surface area contributed by atoms with Crippen LogP contribution in [0.1, 0.15) is 124 Å². The van der Waals surface area contributed by atoms with Gasteiger partial charge in [-0.2, -0.15) is 0 Å². The molecule has 0 saturated heterocycles. The van der Waals surface area contributed by atoms with Gasteiger partial charge >= 0.3 is 0 Å². The van der Waals surface area contributed by atoms with Gasteiger partial charge in [-0.05, 0) is 114 Å². The molecule has 2 nitrogen and oxygen atoms in total. The van der Waals surface area contributed by atoms with Crippen LogP contribution in [0, 0.1) is 0 Å². The molecule has 0 saturated carbocycles. The van der Waals surface area contributed by atoms with Crippen molar-refractivity contribution < 1.29 is 29.1 Å². The summed E-state index contributed by atoms with van der Waals surface area (Å²) in [6.07, 6.45) is 0. The van der Waals surface area contributed by atoms with E-state index in [2.05, 4.69) is 19.9 Å². The molecular weight excluding hydrogens is 823 g/mol. The molecule has 0 radical (unpaired) electrons. The van der Waals surface area contributed by atoms with Crippen molar-refractivity contribution >= 4 is 39.0 Å². The van der Waals surface area contributed by atoms with Crippen LogP contribution in [0.4, 0.5) is 17.1 Å². The summed E-state index contributed by atoms with van der Waals surface area (Å²) in [5, 5.41) is 1.83. The van der Waals surface area contributed by atoms with Crippen LogP contribution in [0.5, 0.6) is 0 Å². The van der Waals surface area contributed by atoms with Crippen LogP contribution in [-0.2, 0) is 21.7 Å². The molecule has 2 heteroatoms. The van der Waals surface area contributed by atoms with Crippen molar-refractivity contribution in [3.05, 3.63) is 245 Å². The summed E-state index contributed by atoms with van der Waals surface area (Å²) in [6.45, 7) is -18.2. The van der Waals surface area contributed by atoms with E-state index in [4.69, 9.17) is 16.8 Å². The summed E-state index contributed by atoms with van der Waals surface area (Å²) < 4.78 is 170. The van der Waals surface area contributed by atoms with Crippen LogP contribution in [0.25, 0.3) is 55.3 Å². The largest absolute Gasteiger partial charge is 0.455 e. The molecule has 0 aliphatic heterocycles. The summed E-state index contributed by atoms with van der Waals surface area (Å²) >= 11 is 0. The van der Waals surface area contributed by atoms with Crippen molar-refractivity contribution in [2.45, 2.75) is 76.6 Å². The van der Waals surface area contributed by atoms with E-state index < -0.39 is 73.9 Å². The van der Waals surface area contributed by atoms with E-state index in [1.54, 1.807) is 60.7 Å². The minimum atomic E-state index is -3.78. The first kappa shape index (κ1) is 26.8. The summed E-state index contributed by atoms with van der Waals surface area (Å²) in [4.78, 5) is 1.83. The maximum absolute atomic E-state index is 9.24. The number of hydrogen-bond acceptors (Lipinski definition) is 2. The molecule has 10 aromatic rings. The van der Waals surface area contributed by atoms with Crippen molar-refractivity contribution in [1.29, 1.82) is 0 Å². The van der Waals surface area contributed by atoms with Gasteiger partial charge in [-0.25, -0.2) is 0 Å². The molecule has 0 bridgehead atoms. The number of anilines is 3. The van der Waals surface area contributed by atoms with Gasteiger partial charge in [0.25, 0.3) is 0 Å². The van der Waals surface area contributed by atoms with Gasteiger partial charge in [-0.1, -0.05) is 219 Å². The topological polar surface area (TPSA) is 16.4 Å². The van der Waals surface area contributed by atoms with Crippen molar-refractivity contribution in [3.8, 4) is 33.4 Å². The number of hydrogen-bond donors (Lipinski definition) is 0. The van der Waals surface area contributed by atoms with Crippen LogP contribution < -0.4 is 4.90 Å². The predicted octanol–water partition coefficient (Wildman–Crippen LogP) is 18.0. The molecule has 68 heavy (non-hydrogen) atoms. The first-order valence-corrected chi connectivity index (χ1v) is 22.8. The molecule has 2 aliphatic carbocycles. The third-order valence-electron chi connectivity index (χ3n) is 14.4. The van der Waals surface area contributed by atoms with Crippen LogP contribution >= 0.6 is 0 Å². The normalized spacial score (nSPS) is 19.4. The molecule has 0 N–H and O–H groups in total. The second-order valence-electron chi connectivity index (χ2n) is 18.7. The molecule has 0 amide bonds. The van der Waals surface area contributed by atoms with E-state index in [0.717, 1.165) is 44.2 Å². The van der Waals surface area contributed by atoms with Gasteiger partial charge in [-0.15, -0.1) is 0 Å². The van der Waals surface area contributed by atoms with E-state index in [0.29, 0.717) is 44.8 Å². The number of benzene rings is 9. The molecule has 0 fully saturated rings. The van der Waals surface area contributed by atoms with Crippen molar-refractivity contribution in [2.75, 3.05) is 4.90 Å². The lowest BCUT2D eigenvalue weighted by molar-refractivity contribution is 0.586. The van der Waals surface area contributed by atoms with Crippen molar-refractivity contribution in [3.63, 3.8) is 0 Å². The molecule has 2 aliphatic rings. The van der Waals surface area contributed by atoms with Gasteiger partial charge < -0.3 is 9.32 Å². The Hall–Kier alpha value is -7.42. The SMILES string of the molecule is [2H]C([2H])([2H])C(c1ccc2c(c1)C(c1ccccc1)(c1ccccc1)c1cc(C(C([2H])([2H])[2H])(C([2H])([2H])[2H])C([2H])([2H])[2H])cc(N(c3ccc(-c4cccc5c4oc4ccccc45)cc3)c3ccc4c(c3)C(C)(C)c3ccccc3-4)c1-2)(C([2H])([2H])[2H])C([2H])([2H])[2H]. The van der Waals surface area contributed by atoms with E-state index in [1.807, 2.05) is 108 Å². The second kappa shape index (κ2) is 15.0. The average molecular weight is 898 g/mol. The van der Waals surface area contributed by atoms with E-state index in [-0.39, 0.29) is 16.8 Å². The number of nitrogens with zero attached hydrogens (tertiary/aromatic N) is 1. The molecule has 1 aromatic heterocycles. The summed E-state index contributed by atoms with van der Waals surface area (Å²) in [7, 11) is 0. The Morgan fingerprint density at radius 1 is 0.441 bits per heavy atom. The zero-order chi connectivity index (χ0) is 61.7. The van der Waals surface area contributed by atoms with Crippen LogP contribution in [0.2, 0.25) is 0 Å². The van der Waals surface area contributed by atoms with E-state index in [9.17, 15) is 12.3 Å². The van der Waals surface area contributed by atoms with Gasteiger partial charge in [0.1, 0.15) is 11.2 Å². The Morgan fingerprint density at radius 3 is 1.76 bits per heavy atom. The van der Waals surface area contributed by atoms with Gasteiger partial charge in [0.05, 0.1) is 11.1 Å². The summed E-state index contributed by atoms with van der Waals surface area (Å²) in [5.41, 5.74) is -1.18. The Morgan fingerprint density at radius 2 is 1.03 bits per heavy atom. The Kier molecular flexibility index (Phi) is 5.93. The Balaban J connectivity index is 1.27. The maximum Gasteiger partial charge on any atom is 0.143 e. The fourth-order valence-electron chi connectivity index (χ4n) is 11.2. The third-order valence-corrected chi connectivity index (χ3v) is 14.4. The number of rotatable bonds is 6. The van der Waals surface area contributed by atoms with Gasteiger partial charge in [-0.3, -0.25) is 0 Å². The summed E-state index contributed by atoms with van der Waals surface area (Å²) in [5.74, 6) is 0. The molecule has 9 aromatic carbocycles. The lowest BCUT2D eigenvalue weighted by Crippen LogP contribution is -2.30. The summed E-state index contributed by atoms with van der Waals surface area (Å²) in [6, 6.07) is 59.1. The zero-order valence-electron chi connectivity index (χ0n) is 55.4. The highest BCUT2D eigenvalue weighted by Crippen LogP contribution is 2.61. The first-order valence-electron chi connectivity index (χ1n) is 31.8. The molecule has 12 rings (SSSR count). The molecule has 0 unspecified atom stereocenters. The maximum atomic E-state index is 9.24. The lowest BCUT2D eigenvalue weighted by atomic mass is 9.66. The minimum absolute atomic E-state index is 0.0940. The fraction of sp³-hybridized carbons (Fsp3) is 0.182. The predicted molar refractivity (Wildman–Crippen MR) is 286 cm³/mol. The van der Waals surface area contributed by atoms with Gasteiger partial charge in [0.15, 0.2) is 0 Å². The van der Waals surface area contributed by atoms with Crippen molar-refractivity contribution in [1.82, 2.24) is 0 Å². The number of fused-ring (bicyclic) bond motifs is 9. The first-order chi connectivity index (χ1) is 40.2. The molecule has 1 heterocycles. The van der Waals surface area contributed by atoms with Crippen LogP contribution in [0.15, 0.2) is 205 Å². The Bertz CT molecular complexity index is 4190. The van der Waals surface area contributed by atoms with E-state index >= 15 is 0 Å². The zero-order valence-corrected chi connectivity index (χ0v) is 37.4. The highest BCUT2D eigenvalue weighted by atomic mass is 16.3. The van der Waals surface area contributed by atoms with Gasteiger partial charge in [0.2, 0.25) is 0 Å². The highest BCUT2D eigenvalue weighted by Gasteiger charge is 2.49. The molecule has 0 atom stereocenters. The third kappa shape index (κ3) is 6.23. The second-order valence-corrected chi connectivity index (χ2v) is 18.7. The Labute approximate surface area is 426 Å². The highest BCUT2D eigenvalue weighted by molar-refractivity contribution is 6.09. The quantitative estimate of drug-likeness (QED) is 0.165. The van der Waals surface area contributed by atoms with Crippen molar-refractivity contribution in [2.24, 2.45) is 0 Å². The van der Waals surface area contributed by atoms with Crippen LogP contribution in [0.3, 0.4) is 0 Å². The average Bonchev–Trinajstić information content (AvgIpc) is 1.41. The molecular formula is C66H57NO.